The molecule has 0 saturated carbocycles. The number of rotatable bonds is 3. The van der Waals surface area contributed by atoms with Crippen molar-refractivity contribution in [1.29, 1.82) is 0 Å². The first-order valence-electron chi connectivity index (χ1n) is 7.02. The first-order valence-corrected chi connectivity index (χ1v) is 7.40. The van der Waals surface area contributed by atoms with Gasteiger partial charge in [-0.05, 0) is 37.6 Å². The molecule has 112 valence electrons. The quantitative estimate of drug-likeness (QED) is 0.804. The van der Waals surface area contributed by atoms with Crippen LogP contribution in [0.1, 0.15) is 16.8 Å². The van der Waals surface area contributed by atoms with Gasteiger partial charge in [0.25, 0.3) is 5.56 Å². The van der Waals surface area contributed by atoms with Gasteiger partial charge in [0.1, 0.15) is 5.65 Å². The lowest BCUT2D eigenvalue weighted by atomic mass is 10.1. The highest BCUT2D eigenvalue weighted by Crippen LogP contribution is 2.16. The first-order chi connectivity index (χ1) is 10.5. The summed E-state index contributed by atoms with van der Waals surface area (Å²) in [5.41, 5.74) is 4.60. The Balaban J connectivity index is 1.88. The SMILES string of the molecule is Cc1ccc(NCc2cc(=O)n3cc(Cl)ccc3n2)c(C)c1. The Labute approximate surface area is 133 Å². The maximum absolute atomic E-state index is 12.1. The molecule has 1 aromatic carbocycles. The number of nitrogens with zero attached hydrogens (tertiary/aromatic N) is 2. The molecule has 3 rings (SSSR count). The van der Waals surface area contributed by atoms with Gasteiger partial charge in [-0.25, -0.2) is 4.98 Å². The molecule has 4 nitrogen and oxygen atoms in total. The number of anilines is 1. The number of pyridine rings is 1. The molecule has 0 bridgehead atoms. The molecule has 0 aliphatic carbocycles. The summed E-state index contributed by atoms with van der Waals surface area (Å²) in [6.07, 6.45) is 1.58. The van der Waals surface area contributed by atoms with E-state index >= 15 is 0 Å². The van der Waals surface area contributed by atoms with Crippen molar-refractivity contribution in [3.8, 4) is 0 Å². The molecule has 0 unspecified atom stereocenters. The van der Waals surface area contributed by atoms with Crippen molar-refractivity contribution in [2.45, 2.75) is 20.4 Å². The minimum Gasteiger partial charge on any atom is -0.379 e. The van der Waals surface area contributed by atoms with Crippen LogP contribution in [0.15, 0.2) is 47.4 Å². The highest BCUT2D eigenvalue weighted by atomic mass is 35.5. The molecule has 2 heterocycles. The molecule has 0 aliphatic heterocycles. The monoisotopic (exact) mass is 313 g/mol. The number of nitrogens with one attached hydrogen (secondary N) is 1. The van der Waals surface area contributed by atoms with E-state index < -0.39 is 0 Å². The molecule has 22 heavy (non-hydrogen) atoms. The summed E-state index contributed by atoms with van der Waals surface area (Å²) < 4.78 is 1.45. The zero-order chi connectivity index (χ0) is 15.7. The van der Waals surface area contributed by atoms with Crippen molar-refractivity contribution >= 4 is 22.9 Å². The number of hydrogen-bond acceptors (Lipinski definition) is 3. The van der Waals surface area contributed by atoms with Crippen molar-refractivity contribution in [2.75, 3.05) is 5.32 Å². The maximum Gasteiger partial charge on any atom is 0.258 e. The van der Waals surface area contributed by atoms with Gasteiger partial charge in [0.2, 0.25) is 0 Å². The van der Waals surface area contributed by atoms with E-state index in [1.54, 1.807) is 18.3 Å². The Morgan fingerprint density at radius 2 is 2.00 bits per heavy atom. The molecule has 5 heteroatoms. The van der Waals surface area contributed by atoms with Gasteiger partial charge in [0.05, 0.1) is 17.3 Å². The highest BCUT2D eigenvalue weighted by Gasteiger charge is 2.04. The zero-order valence-electron chi connectivity index (χ0n) is 12.4. The van der Waals surface area contributed by atoms with Crippen LogP contribution in [0.4, 0.5) is 5.69 Å². The van der Waals surface area contributed by atoms with Gasteiger partial charge < -0.3 is 5.32 Å². The summed E-state index contributed by atoms with van der Waals surface area (Å²) in [6.45, 7) is 4.62. The summed E-state index contributed by atoms with van der Waals surface area (Å²) in [4.78, 5) is 16.6. The van der Waals surface area contributed by atoms with E-state index in [1.165, 1.54) is 21.6 Å². The van der Waals surface area contributed by atoms with Gasteiger partial charge in [-0.15, -0.1) is 0 Å². The topological polar surface area (TPSA) is 46.4 Å². The fraction of sp³-hybridized carbons (Fsp3) is 0.176. The molecular weight excluding hydrogens is 298 g/mol. The molecule has 3 aromatic rings. The predicted octanol–water partition coefficient (Wildman–Crippen LogP) is 3.58. The number of aromatic nitrogens is 2. The van der Waals surface area contributed by atoms with Gasteiger partial charge in [-0.1, -0.05) is 29.3 Å². The third-order valence-electron chi connectivity index (χ3n) is 3.52. The number of hydrogen-bond donors (Lipinski definition) is 1. The van der Waals surface area contributed by atoms with E-state index in [0.29, 0.717) is 22.9 Å². The standard InChI is InChI=1S/C17H16ClN3O/c1-11-3-5-15(12(2)7-11)19-9-14-8-17(22)21-10-13(18)4-6-16(21)20-14/h3-8,10,19H,9H2,1-2H3. The Bertz CT molecular complexity index is 902. The van der Waals surface area contributed by atoms with Crippen molar-refractivity contribution in [3.63, 3.8) is 0 Å². The zero-order valence-corrected chi connectivity index (χ0v) is 13.2. The second-order valence-electron chi connectivity index (χ2n) is 5.33. The molecule has 1 N–H and O–H groups in total. The molecule has 0 saturated heterocycles. The fourth-order valence-electron chi connectivity index (χ4n) is 2.41. The third-order valence-corrected chi connectivity index (χ3v) is 3.74. The Hall–Kier alpha value is -2.33. The minimum atomic E-state index is -0.134. The normalized spacial score (nSPS) is 10.9. The van der Waals surface area contributed by atoms with Crippen LogP contribution in [-0.4, -0.2) is 9.38 Å². The molecule has 0 amide bonds. The van der Waals surface area contributed by atoms with Crippen molar-refractivity contribution in [2.24, 2.45) is 0 Å². The van der Waals surface area contributed by atoms with E-state index in [1.807, 2.05) is 6.07 Å². The number of aryl methyl sites for hydroxylation is 2. The van der Waals surface area contributed by atoms with E-state index in [0.717, 1.165) is 5.69 Å². The minimum absolute atomic E-state index is 0.134. The van der Waals surface area contributed by atoms with Gasteiger partial charge in [0.15, 0.2) is 0 Å². The summed E-state index contributed by atoms with van der Waals surface area (Å²) in [7, 11) is 0. The fourth-order valence-corrected chi connectivity index (χ4v) is 2.57. The number of halogens is 1. The number of fused-ring (bicyclic) bond motifs is 1. The van der Waals surface area contributed by atoms with Gasteiger partial charge in [-0.2, -0.15) is 0 Å². The average molecular weight is 314 g/mol. The van der Waals surface area contributed by atoms with Crippen LogP contribution in [0.5, 0.6) is 0 Å². The van der Waals surface area contributed by atoms with Crippen LogP contribution in [0, 0.1) is 13.8 Å². The lowest BCUT2D eigenvalue weighted by Crippen LogP contribution is -2.16. The third kappa shape index (κ3) is 2.97. The second-order valence-corrected chi connectivity index (χ2v) is 5.77. The van der Waals surface area contributed by atoms with Crippen LogP contribution in [0.2, 0.25) is 5.02 Å². The van der Waals surface area contributed by atoms with Gasteiger partial charge in [0, 0.05) is 18.0 Å². The molecule has 0 spiro atoms. The van der Waals surface area contributed by atoms with Gasteiger partial charge >= 0.3 is 0 Å². The summed E-state index contributed by atoms with van der Waals surface area (Å²) in [6, 6.07) is 11.2. The van der Waals surface area contributed by atoms with Crippen LogP contribution in [-0.2, 0) is 6.54 Å². The molecule has 0 radical (unpaired) electrons. The van der Waals surface area contributed by atoms with E-state index in [2.05, 4.69) is 36.3 Å². The molecule has 0 atom stereocenters. The summed E-state index contributed by atoms with van der Waals surface area (Å²) in [5, 5.41) is 3.83. The molecule has 2 aromatic heterocycles. The van der Waals surface area contributed by atoms with Crippen LogP contribution >= 0.6 is 11.6 Å². The Kier molecular flexibility index (Phi) is 3.86. The summed E-state index contributed by atoms with van der Waals surface area (Å²) >= 11 is 5.90. The second kappa shape index (κ2) is 5.81. The van der Waals surface area contributed by atoms with E-state index in [4.69, 9.17) is 11.6 Å². The Morgan fingerprint density at radius 3 is 2.77 bits per heavy atom. The van der Waals surface area contributed by atoms with Crippen LogP contribution in [0.3, 0.4) is 0 Å². The van der Waals surface area contributed by atoms with Gasteiger partial charge in [-0.3, -0.25) is 9.20 Å². The lowest BCUT2D eigenvalue weighted by molar-refractivity contribution is 0.970. The molecule has 0 fully saturated rings. The van der Waals surface area contributed by atoms with Crippen molar-refractivity contribution in [3.05, 3.63) is 74.8 Å². The van der Waals surface area contributed by atoms with Crippen LogP contribution < -0.4 is 10.9 Å². The largest absolute Gasteiger partial charge is 0.379 e. The number of benzene rings is 1. The van der Waals surface area contributed by atoms with E-state index in [9.17, 15) is 4.79 Å². The Morgan fingerprint density at radius 1 is 1.18 bits per heavy atom. The van der Waals surface area contributed by atoms with E-state index in [-0.39, 0.29) is 5.56 Å². The lowest BCUT2D eigenvalue weighted by Gasteiger charge is -2.10. The van der Waals surface area contributed by atoms with Crippen LogP contribution in [0.25, 0.3) is 5.65 Å². The first kappa shape index (κ1) is 14.6. The van der Waals surface area contributed by atoms with Crippen molar-refractivity contribution in [1.82, 2.24) is 9.38 Å². The average Bonchev–Trinajstić information content (AvgIpc) is 2.47. The predicted molar refractivity (Wildman–Crippen MR) is 89.7 cm³/mol. The highest BCUT2D eigenvalue weighted by molar-refractivity contribution is 6.30. The maximum atomic E-state index is 12.1. The molecule has 0 aliphatic rings. The summed E-state index contributed by atoms with van der Waals surface area (Å²) in [5.74, 6) is 0. The van der Waals surface area contributed by atoms with Crippen molar-refractivity contribution < 1.29 is 0 Å². The smallest absolute Gasteiger partial charge is 0.258 e. The molecular formula is C17H16ClN3O.